The predicted molar refractivity (Wildman–Crippen MR) is 53.5 cm³/mol. The predicted octanol–water partition coefficient (Wildman–Crippen LogP) is 1.71. The molecule has 0 aliphatic carbocycles. The second-order valence-electron chi connectivity index (χ2n) is 4.15. The molecule has 1 heterocycles. The van der Waals surface area contributed by atoms with Gasteiger partial charge in [-0.3, -0.25) is 14.9 Å². The van der Waals surface area contributed by atoms with E-state index in [-0.39, 0.29) is 5.56 Å². The first-order valence-corrected chi connectivity index (χ1v) is 4.64. The van der Waals surface area contributed by atoms with Crippen molar-refractivity contribution in [1.82, 2.24) is 5.32 Å². The SMILES string of the molecule is CC1(C)NC(=O)c2c1ccc(F)c2[N+](=O)[O-]. The summed E-state index contributed by atoms with van der Waals surface area (Å²) < 4.78 is 13.3. The van der Waals surface area contributed by atoms with E-state index < -0.39 is 27.9 Å². The van der Waals surface area contributed by atoms with Crippen LogP contribution in [0.4, 0.5) is 10.1 Å². The third-order valence-corrected chi connectivity index (χ3v) is 2.64. The van der Waals surface area contributed by atoms with Crippen LogP contribution in [0.1, 0.15) is 29.8 Å². The Balaban J connectivity index is 2.80. The molecule has 0 unspecified atom stereocenters. The number of nitro benzene ring substituents is 1. The summed E-state index contributed by atoms with van der Waals surface area (Å²) in [6, 6.07) is 2.41. The molecule has 1 aromatic rings. The molecule has 16 heavy (non-hydrogen) atoms. The molecule has 0 saturated heterocycles. The lowest BCUT2D eigenvalue weighted by atomic mass is 9.94. The molecule has 5 nitrogen and oxygen atoms in total. The van der Waals surface area contributed by atoms with Crippen LogP contribution >= 0.6 is 0 Å². The highest BCUT2D eigenvalue weighted by molar-refractivity contribution is 6.03. The number of nitrogens with zero attached hydrogens (tertiary/aromatic N) is 1. The Morgan fingerprint density at radius 2 is 2.06 bits per heavy atom. The van der Waals surface area contributed by atoms with Crippen molar-refractivity contribution in [3.63, 3.8) is 0 Å². The van der Waals surface area contributed by atoms with Gasteiger partial charge in [0.05, 0.1) is 10.5 Å². The van der Waals surface area contributed by atoms with E-state index >= 15 is 0 Å². The summed E-state index contributed by atoms with van der Waals surface area (Å²) in [4.78, 5) is 21.4. The molecule has 1 N–H and O–H groups in total. The molecule has 0 atom stereocenters. The van der Waals surface area contributed by atoms with Gasteiger partial charge in [0, 0.05) is 0 Å². The Labute approximate surface area is 90.4 Å². The van der Waals surface area contributed by atoms with E-state index in [0.717, 1.165) is 6.07 Å². The molecule has 0 radical (unpaired) electrons. The topological polar surface area (TPSA) is 72.2 Å². The highest BCUT2D eigenvalue weighted by Crippen LogP contribution is 2.37. The van der Waals surface area contributed by atoms with Gasteiger partial charge in [0.25, 0.3) is 5.91 Å². The number of hydrogen-bond donors (Lipinski definition) is 1. The molecule has 0 spiro atoms. The average Bonchev–Trinajstić information content (AvgIpc) is 2.36. The standard InChI is InChI=1S/C10H9FN2O3/c1-10(2)5-3-4-6(11)8(13(15)16)7(5)9(14)12-10/h3-4H,1-2H3,(H,12,14). The van der Waals surface area contributed by atoms with Gasteiger partial charge < -0.3 is 5.32 Å². The van der Waals surface area contributed by atoms with Gasteiger partial charge in [-0.15, -0.1) is 0 Å². The maximum Gasteiger partial charge on any atom is 0.317 e. The summed E-state index contributed by atoms with van der Waals surface area (Å²) in [7, 11) is 0. The molecule has 1 aromatic carbocycles. The van der Waals surface area contributed by atoms with Crippen molar-refractivity contribution in [1.29, 1.82) is 0 Å². The van der Waals surface area contributed by atoms with Crippen molar-refractivity contribution in [3.05, 3.63) is 39.2 Å². The molecular formula is C10H9FN2O3. The van der Waals surface area contributed by atoms with Gasteiger partial charge in [0.1, 0.15) is 5.56 Å². The summed E-state index contributed by atoms with van der Waals surface area (Å²) in [5.74, 6) is -1.59. The van der Waals surface area contributed by atoms with Crippen molar-refractivity contribution < 1.29 is 14.1 Å². The summed E-state index contributed by atoms with van der Waals surface area (Å²) in [6.45, 7) is 3.41. The van der Waals surface area contributed by atoms with Crippen LogP contribution in [0.2, 0.25) is 0 Å². The Morgan fingerprint density at radius 1 is 1.44 bits per heavy atom. The summed E-state index contributed by atoms with van der Waals surface area (Å²) in [5.41, 5.74) is -1.17. The zero-order valence-corrected chi connectivity index (χ0v) is 8.70. The molecule has 1 amide bonds. The molecule has 0 fully saturated rings. The van der Waals surface area contributed by atoms with Crippen LogP contribution in [0.5, 0.6) is 0 Å². The Morgan fingerprint density at radius 3 is 2.62 bits per heavy atom. The molecule has 1 aliphatic heterocycles. The molecular weight excluding hydrogens is 215 g/mol. The van der Waals surface area contributed by atoms with Gasteiger partial charge in [-0.1, -0.05) is 6.07 Å². The Hall–Kier alpha value is -1.98. The maximum absolute atomic E-state index is 13.3. The molecule has 2 rings (SSSR count). The van der Waals surface area contributed by atoms with E-state index in [4.69, 9.17) is 0 Å². The fraction of sp³-hybridized carbons (Fsp3) is 0.300. The van der Waals surface area contributed by atoms with Crippen molar-refractivity contribution in [2.24, 2.45) is 0 Å². The van der Waals surface area contributed by atoms with E-state index in [9.17, 15) is 19.3 Å². The van der Waals surface area contributed by atoms with Gasteiger partial charge >= 0.3 is 5.69 Å². The summed E-state index contributed by atoms with van der Waals surface area (Å²) >= 11 is 0. The van der Waals surface area contributed by atoms with E-state index in [2.05, 4.69) is 5.32 Å². The van der Waals surface area contributed by atoms with Gasteiger partial charge in [-0.2, -0.15) is 4.39 Å². The van der Waals surface area contributed by atoms with Crippen LogP contribution in [0.25, 0.3) is 0 Å². The lowest BCUT2D eigenvalue weighted by molar-refractivity contribution is -0.387. The first-order chi connectivity index (χ1) is 7.34. The fourth-order valence-corrected chi connectivity index (χ4v) is 1.91. The van der Waals surface area contributed by atoms with Crippen molar-refractivity contribution in [2.75, 3.05) is 0 Å². The van der Waals surface area contributed by atoms with Crippen molar-refractivity contribution in [3.8, 4) is 0 Å². The smallest absolute Gasteiger partial charge is 0.317 e. The van der Waals surface area contributed by atoms with Crippen molar-refractivity contribution in [2.45, 2.75) is 19.4 Å². The second-order valence-corrected chi connectivity index (χ2v) is 4.15. The number of nitro groups is 1. The molecule has 1 aliphatic rings. The van der Waals surface area contributed by atoms with E-state index in [1.165, 1.54) is 6.07 Å². The minimum absolute atomic E-state index is 0.171. The minimum atomic E-state index is -0.989. The van der Waals surface area contributed by atoms with Gasteiger partial charge in [0.15, 0.2) is 0 Å². The number of fused-ring (bicyclic) bond motifs is 1. The van der Waals surface area contributed by atoms with E-state index in [0.29, 0.717) is 5.56 Å². The maximum atomic E-state index is 13.3. The summed E-state index contributed by atoms with van der Waals surface area (Å²) in [5, 5.41) is 13.3. The monoisotopic (exact) mass is 224 g/mol. The van der Waals surface area contributed by atoms with Gasteiger partial charge in [-0.25, -0.2) is 0 Å². The first kappa shape index (κ1) is 10.5. The highest BCUT2D eigenvalue weighted by atomic mass is 19.1. The van der Waals surface area contributed by atoms with Crippen LogP contribution in [0.15, 0.2) is 12.1 Å². The normalized spacial score (nSPS) is 16.8. The second kappa shape index (κ2) is 3.01. The van der Waals surface area contributed by atoms with Crippen LogP contribution in [-0.4, -0.2) is 10.8 Å². The average molecular weight is 224 g/mol. The minimum Gasteiger partial charge on any atom is -0.343 e. The lowest BCUT2D eigenvalue weighted by Crippen LogP contribution is -2.32. The molecule has 0 aromatic heterocycles. The fourth-order valence-electron chi connectivity index (χ4n) is 1.91. The number of halogens is 1. The molecule has 84 valence electrons. The quantitative estimate of drug-likeness (QED) is 0.583. The summed E-state index contributed by atoms with van der Waals surface area (Å²) in [6.07, 6.45) is 0. The number of benzene rings is 1. The number of hydrogen-bond acceptors (Lipinski definition) is 3. The zero-order chi connectivity index (χ0) is 12.1. The van der Waals surface area contributed by atoms with Crippen LogP contribution in [0.3, 0.4) is 0 Å². The third kappa shape index (κ3) is 1.26. The number of rotatable bonds is 1. The van der Waals surface area contributed by atoms with Crippen LogP contribution in [0, 0.1) is 15.9 Å². The van der Waals surface area contributed by atoms with E-state index in [1.807, 2.05) is 0 Å². The Bertz CT molecular complexity index is 511. The lowest BCUT2D eigenvalue weighted by Gasteiger charge is -2.18. The number of carbonyl (C=O) groups excluding carboxylic acids is 1. The van der Waals surface area contributed by atoms with Crippen LogP contribution < -0.4 is 5.32 Å². The number of carbonyl (C=O) groups is 1. The Kier molecular flexibility index (Phi) is 1.98. The third-order valence-electron chi connectivity index (χ3n) is 2.64. The molecule has 0 saturated carbocycles. The molecule has 6 heteroatoms. The highest BCUT2D eigenvalue weighted by Gasteiger charge is 2.41. The largest absolute Gasteiger partial charge is 0.343 e. The van der Waals surface area contributed by atoms with Gasteiger partial charge in [-0.05, 0) is 25.5 Å². The van der Waals surface area contributed by atoms with Crippen LogP contribution in [-0.2, 0) is 5.54 Å². The molecule has 0 bridgehead atoms. The zero-order valence-electron chi connectivity index (χ0n) is 8.70. The first-order valence-electron chi connectivity index (χ1n) is 4.64. The van der Waals surface area contributed by atoms with E-state index in [1.54, 1.807) is 13.8 Å². The van der Waals surface area contributed by atoms with Gasteiger partial charge in [0.2, 0.25) is 5.82 Å². The van der Waals surface area contributed by atoms with Crippen molar-refractivity contribution >= 4 is 11.6 Å². The number of amides is 1. The number of nitrogens with one attached hydrogen (secondary N) is 1.